The summed E-state index contributed by atoms with van der Waals surface area (Å²) in [4.78, 5) is 17.8. The third-order valence-electron chi connectivity index (χ3n) is 3.91. The molecule has 27 heavy (non-hydrogen) atoms. The van der Waals surface area contributed by atoms with E-state index < -0.39 is 0 Å². The van der Waals surface area contributed by atoms with Crippen LogP contribution in [0, 0.1) is 13.8 Å². The Morgan fingerprint density at radius 2 is 2.07 bits per heavy atom. The van der Waals surface area contributed by atoms with Crippen LogP contribution >= 0.6 is 11.3 Å². The van der Waals surface area contributed by atoms with Gasteiger partial charge < -0.3 is 19.3 Å². The van der Waals surface area contributed by atoms with Crippen LogP contribution in [0.2, 0.25) is 0 Å². The molecule has 0 saturated carbocycles. The van der Waals surface area contributed by atoms with Crippen molar-refractivity contribution in [2.24, 2.45) is 0 Å². The quantitative estimate of drug-likeness (QED) is 0.638. The third kappa shape index (κ3) is 5.07. The first-order chi connectivity index (χ1) is 13.0. The van der Waals surface area contributed by atoms with E-state index in [1.807, 2.05) is 32.0 Å². The van der Waals surface area contributed by atoms with Crippen molar-refractivity contribution in [3.05, 3.63) is 57.4 Å². The molecule has 2 aromatic heterocycles. The van der Waals surface area contributed by atoms with Crippen LogP contribution in [0.4, 0.5) is 0 Å². The van der Waals surface area contributed by atoms with E-state index in [1.54, 1.807) is 30.6 Å². The number of carbonyl (C=O) groups excluding carboxylic acids is 1. The van der Waals surface area contributed by atoms with Crippen molar-refractivity contribution >= 4 is 17.2 Å². The molecule has 2 heterocycles. The summed E-state index contributed by atoms with van der Waals surface area (Å²) in [5.74, 6) is 1.53. The van der Waals surface area contributed by atoms with Gasteiger partial charge in [-0.2, -0.15) is 0 Å². The summed E-state index contributed by atoms with van der Waals surface area (Å²) in [5, 5.41) is 7.64. The van der Waals surface area contributed by atoms with Gasteiger partial charge >= 0.3 is 0 Å². The molecule has 8 heteroatoms. The molecule has 1 amide bonds. The highest BCUT2D eigenvalue weighted by molar-refractivity contribution is 7.11. The first-order valence-electron chi connectivity index (χ1n) is 8.48. The van der Waals surface area contributed by atoms with Crippen LogP contribution in [0.3, 0.4) is 0 Å². The minimum atomic E-state index is -0.281. The molecule has 0 spiro atoms. The fraction of sp³-hybridized carbons (Fsp3) is 0.316. The Bertz CT molecular complexity index is 900. The van der Waals surface area contributed by atoms with E-state index >= 15 is 0 Å². The number of hydrogen-bond acceptors (Lipinski definition) is 7. The Balaban J connectivity index is 1.48. The third-order valence-corrected chi connectivity index (χ3v) is 5.04. The maximum Gasteiger partial charge on any atom is 0.273 e. The van der Waals surface area contributed by atoms with Crippen LogP contribution in [-0.4, -0.2) is 29.7 Å². The van der Waals surface area contributed by atoms with E-state index in [0.29, 0.717) is 30.2 Å². The van der Waals surface area contributed by atoms with Gasteiger partial charge in [0.2, 0.25) is 0 Å². The zero-order valence-electron chi connectivity index (χ0n) is 15.4. The predicted molar refractivity (Wildman–Crippen MR) is 101 cm³/mol. The van der Waals surface area contributed by atoms with Gasteiger partial charge in [-0.15, -0.1) is 11.3 Å². The SMILES string of the molecule is COc1cccc(OCc2cc(C(=O)NCCc3nc(C)c(C)s3)no2)c1. The molecule has 0 fully saturated rings. The van der Waals surface area contributed by atoms with E-state index in [1.165, 1.54) is 4.88 Å². The summed E-state index contributed by atoms with van der Waals surface area (Å²) in [5.41, 5.74) is 1.27. The lowest BCUT2D eigenvalue weighted by Gasteiger charge is -2.05. The van der Waals surface area contributed by atoms with Crippen LogP contribution < -0.4 is 14.8 Å². The maximum atomic E-state index is 12.2. The van der Waals surface area contributed by atoms with Crippen molar-refractivity contribution in [3.8, 4) is 11.5 Å². The van der Waals surface area contributed by atoms with Crippen LogP contribution in [-0.2, 0) is 13.0 Å². The second-order valence-electron chi connectivity index (χ2n) is 5.90. The molecular formula is C19H21N3O4S. The lowest BCUT2D eigenvalue weighted by Crippen LogP contribution is -2.25. The van der Waals surface area contributed by atoms with Crippen LogP contribution in [0.1, 0.15) is 31.8 Å². The molecule has 0 aliphatic carbocycles. The smallest absolute Gasteiger partial charge is 0.273 e. The molecule has 3 rings (SSSR count). The highest BCUT2D eigenvalue weighted by Gasteiger charge is 2.13. The average Bonchev–Trinajstić information content (AvgIpc) is 3.27. The molecule has 7 nitrogen and oxygen atoms in total. The molecular weight excluding hydrogens is 366 g/mol. The van der Waals surface area contributed by atoms with Crippen LogP contribution in [0.15, 0.2) is 34.9 Å². The normalized spacial score (nSPS) is 10.6. The Morgan fingerprint density at radius 1 is 1.26 bits per heavy atom. The van der Waals surface area contributed by atoms with E-state index in [0.717, 1.165) is 10.7 Å². The number of aromatic nitrogens is 2. The maximum absolute atomic E-state index is 12.2. The first kappa shape index (κ1) is 18.9. The van der Waals surface area contributed by atoms with Gasteiger partial charge in [0, 0.05) is 30.0 Å². The minimum absolute atomic E-state index is 0.172. The van der Waals surface area contributed by atoms with Gasteiger partial charge in [-0.3, -0.25) is 4.79 Å². The Hall–Kier alpha value is -2.87. The fourth-order valence-corrected chi connectivity index (χ4v) is 3.29. The van der Waals surface area contributed by atoms with Gasteiger partial charge in [-0.25, -0.2) is 4.98 Å². The van der Waals surface area contributed by atoms with Crippen molar-refractivity contribution < 1.29 is 18.8 Å². The number of carbonyl (C=O) groups is 1. The molecule has 0 unspecified atom stereocenters. The number of amides is 1. The van der Waals surface area contributed by atoms with Crippen LogP contribution in [0.25, 0.3) is 0 Å². The molecule has 0 aliphatic heterocycles. The number of hydrogen-bond donors (Lipinski definition) is 1. The second kappa shape index (κ2) is 8.68. The zero-order chi connectivity index (χ0) is 19.2. The van der Waals surface area contributed by atoms with Gasteiger partial charge in [-0.05, 0) is 26.0 Å². The molecule has 1 N–H and O–H groups in total. The molecule has 0 radical (unpaired) electrons. The molecule has 3 aromatic rings. The Kier molecular flexibility index (Phi) is 6.08. The number of benzene rings is 1. The summed E-state index contributed by atoms with van der Waals surface area (Å²) >= 11 is 1.65. The minimum Gasteiger partial charge on any atom is -0.497 e. The Labute approximate surface area is 161 Å². The summed E-state index contributed by atoms with van der Waals surface area (Å²) in [6, 6.07) is 8.82. The van der Waals surface area contributed by atoms with Crippen molar-refractivity contribution in [2.45, 2.75) is 26.9 Å². The van der Waals surface area contributed by atoms with E-state index in [2.05, 4.69) is 15.5 Å². The largest absolute Gasteiger partial charge is 0.497 e. The number of ether oxygens (including phenoxy) is 2. The lowest BCUT2D eigenvalue weighted by atomic mass is 10.3. The van der Waals surface area contributed by atoms with Crippen molar-refractivity contribution in [1.82, 2.24) is 15.5 Å². The fourth-order valence-electron chi connectivity index (χ4n) is 2.35. The van der Waals surface area contributed by atoms with E-state index in [-0.39, 0.29) is 18.2 Å². The second-order valence-corrected chi connectivity index (χ2v) is 7.19. The van der Waals surface area contributed by atoms with Crippen molar-refractivity contribution in [2.75, 3.05) is 13.7 Å². The topological polar surface area (TPSA) is 86.5 Å². The molecule has 0 atom stereocenters. The van der Waals surface area contributed by atoms with E-state index in [9.17, 15) is 4.79 Å². The Morgan fingerprint density at radius 3 is 2.81 bits per heavy atom. The van der Waals surface area contributed by atoms with Crippen molar-refractivity contribution in [3.63, 3.8) is 0 Å². The number of thiazole rings is 1. The highest BCUT2D eigenvalue weighted by Crippen LogP contribution is 2.20. The summed E-state index contributed by atoms with van der Waals surface area (Å²) in [6.45, 7) is 4.69. The van der Waals surface area contributed by atoms with Gasteiger partial charge in [0.15, 0.2) is 11.5 Å². The highest BCUT2D eigenvalue weighted by atomic mass is 32.1. The van der Waals surface area contributed by atoms with E-state index in [4.69, 9.17) is 14.0 Å². The summed E-state index contributed by atoms with van der Waals surface area (Å²) < 4.78 is 15.9. The van der Waals surface area contributed by atoms with Gasteiger partial charge in [-0.1, -0.05) is 11.2 Å². The number of methoxy groups -OCH3 is 1. The summed E-state index contributed by atoms with van der Waals surface area (Å²) in [6.07, 6.45) is 0.689. The summed E-state index contributed by atoms with van der Waals surface area (Å²) in [7, 11) is 1.59. The van der Waals surface area contributed by atoms with Gasteiger partial charge in [0.25, 0.3) is 5.91 Å². The van der Waals surface area contributed by atoms with Crippen molar-refractivity contribution in [1.29, 1.82) is 0 Å². The monoisotopic (exact) mass is 387 g/mol. The van der Waals surface area contributed by atoms with Gasteiger partial charge in [0.05, 0.1) is 17.8 Å². The average molecular weight is 387 g/mol. The number of nitrogens with zero attached hydrogens (tertiary/aromatic N) is 2. The molecule has 142 valence electrons. The molecule has 0 bridgehead atoms. The molecule has 0 aliphatic rings. The van der Waals surface area contributed by atoms with Gasteiger partial charge in [0.1, 0.15) is 18.1 Å². The number of rotatable bonds is 8. The number of aryl methyl sites for hydroxylation is 2. The van der Waals surface area contributed by atoms with Crippen LogP contribution in [0.5, 0.6) is 11.5 Å². The first-order valence-corrected chi connectivity index (χ1v) is 9.30. The molecule has 0 saturated heterocycles. The molecule has 1 aromatic carbocycles. The number of nitrogens with one attached hydrogen (secondary N) is 1. The zero-order valence-corrected chi connectivity index (χ0v) is 16.3. The predicted octanol–water partition coefficient (Wildman–Crippen LogP) is 3.31. The lowest BCUT2D eigenvalue weighted by molar-refractivity contribution is 0.0944. The standard InChI is InChI=1S/C19H21N3O4S/c1-12-13(2)27-18(21-12)7-8-20-19(23)17-10-16(26-22-17)11-25-15-6-4-5-14(9-15)24-3/h4-6,9-10H,7-8,11H2,1-3H3,(H,20,23).